The predicted octanol–water partition coefficient (Wildman–Crippen LogP) is 6.57. The van der Waals surface area contributed by atoms with E-state index >= 15 is 0 Å². The maximum absolute atomic E-state index is 13.5. The zero-order chi connectivity index (χ0) is 22.3. The number of methoxy groups -OCH3 is 1. The van der Waals surface area contributed by atoms with E-state index < -0.39 is 0 Å². The molecule has 0 saturated heterocycles. The molecule has 0 radical (unpaired) electrons. The summed E-state index contributed by atoms with van der Waals surface area (Å²) in [5, 5.41) is 3.84. The van der Waals surface area contributed by atoms with Gasteiger partial charge in [-0.1, -0.05) is 61.2 Å². The summed E-state index contributed by atoms with van der Waals surface area (Å²) in [6, 6.07) is 19.7. The highest BCUT2D eigenvalue weighted by Crippen LogP contribution is 2.28. The van der Waals surface area contributed by atoms with E-state index in [0.717, 1.165) is 42.0 Å². The highest BCUT2D eigenvalue weighted by atomic mass is 35.5. The van der Waals surface area contributed by atoms with Gasteiger partial charge in [0.25, 0.3) is 0 Å². The number of hydrogen-bond donors (Lipinski definition) is 1. The van der Waals surface area contributed by atoms with Crippen LogP contribution in [0.2, 0.25) is 5.02 Å². The van der Waals surface area contributed by atoms with Gasteiger partial charge in [0.2, 0.25) is 0 Å². The van der Waals surface area contributed by atoms with E-state index in [0.29, 0.717) is 24.5 Å². The second kappa shape index (κ2) is 10.6. The topological polar surface area (TPSA) is 46.5 Å². The lowest BCUT2D eigenvalue weighted by molar-refractivity contribution is 0.161. The largest absolute Gasteiger partial charge is 0.495 e. The number of carbonyl (C=O) groups is 1. The number of hydrogen-bond acceptors (Lipinski definition) is 2. The number of amides is 2. The molecule has 1 fully saturated rings. The summed E-state index contributed by atoms with van der Waals surface area (Å²) in [7, 11) is 1.62. The number of aromatic nitrogens is 1. The molecule has 1 aromatic heterocycles. The molecular weight excluding hydrogens is 422 g/mol. The van der Waals surface area contributed by atoms with Gasteiger partial charge in [0.05, 0.1) is 19.3 Å². The molecule has 1 aliphatic rings. The van der Waals surface area contributed by atoms with Gasteiger partial charge < -0.3 is 19.5 Å². The number of ether oxygens (including phenoxy) is 1. The molecule has 0 aliphatic heterocycles. The fourth-order valence-corrected chi connectivity index (χ4v) is 4.62. The zero-order valence-corrected chi connectivity index (χ0v) is 19.2. The Morgan fingerprint density at radius 2 is 1.81 bits per heavy atom. The van der Waals surface area contributed by atoms with Crippen LogP contribution in [0.5, 0.6) is 5.75 Å². The Balaban J connectivity index is 1.56. The molecule has 2 aromatic carbocycles. The van der Waals surface area contributed by atoms with Crippen molar-refractivity contribution in [1.82, 2.24) is 9.47 Å². The maximum Gasteiger partial charge on any atom is 0.322 e. The molecule has 168 valence electrons. The van der Waals surface area contributed by atoms with Crippen molar-refractivity contribution in [2.24, 2.45) is 0 Å². The molecule has 1 heterocycles. The molecule has 0 unspecified atom stereocenters. The number of halogens is 1. The Morgan fingerprint density at radius 3 is 2.59 bits per heavy atom. The van der Waals surface area contributed by atoms with Crippen molar-refractivity contribution >= 4 is 23.3 Å². The first-order valence-corrected chi connectivity index (χ1v) is 11.6. The quantitative estimate of drug-likeness (QED) is 0.441. The van der Waals surface area contributed by atoms with Crippen molar-refractivity contribution in [3.8, 4) is 5.75 Å². The van der Waals surface area contributed by atoms with Crippen LogP contribution in [-0.2, 0) is 13.1 Å². The Hall–Kier alpha value is -2.92. The molecule has 6 heteroatoms. The third-order valence-electron chi connectivity index (χ3n) is 6.18. The number of benzene rings is 2. The summed E-state index contributed by atoms with van der Waals surface area (Å²) >= 11 is 6.39. The molecule has 3 aromatic rings. The van der Waals surface area contributed by atoms with Gasteiger partial charge >= 0.3 is 6.03 Å². The first kappa shape index (κ1) is 22.3. The average molecular weight is 452 g/mol. The normalized spacial score (nSPS) is 14.2. The van der Waals surface area contributed by atoms with E-state index in [2.05, 4.69) is 22.1 Å². The van der Waals surface area contributed by atoms with Gasteiger partial charge in [-0.3, -0.25) is 0 Å². The van der Waals surface area contributed by atoms with E-state index in [1.54, 1.807) is 7.11 Å². The Kier molecular flexibility index (Phi) is 7.38. The molecule has 1 aliphatic carbocycles. The summed E-state index contributed by atoms with van der Waals surface area (Å²) in [5.41, 5.74) is 2.84. The molecule has 2 amide bonds. The summed E-state index contributed by atoms with van der Waals surface area (Å²) in [6.45, 7) is 1.22. The van der Waals surface area contributed by atoms with Gasteiger partial charge in [-0.15, -0.1) is 0 Å². The van der Waals surface area contributed by atoms with Crippen LogP contribution in [0.25, 0.3) is 0 Å². The van der Waals surface area contributed by atoms with Crippen LogP contribution in [0.15, 0.2) is 66.9 Å². The molecular formula is C26H30ClN3O2. The molecule has 4 rings (SSSR count). The lowest BCUT2D eigenvalue weighted by atomic mass is 9.94. The maximum atomic E-state index is 13.5. The highest BCUT2D eigenvalue weighted by Gasteiger charge is 2.27. The Labute approximate surface area is 194 Å². The summed E-state index contributed by atoms with van der Waals surface area (Å²) < 4.78 is 7.60. The van der Waals surface area contributed by atoms with Gasteiger partial charge in [0, 0.05) is 29.5 Å². The smallest absolute Gasteiger partial charge is 0.322 e. The van der Waals surface area contributed by atoms with Crippen LogP contribution < -0.4 is 10.1 Å². The molecule has 0 bridgehead atoms. The van der Waals surface area contributed by atoms with Crippen LogP contribution in [-0.4, -0.2) is 28.6 Å². The van der Waals surface area contributed by atoms with Crippen LogP contribution in [0.4, 0.5) is 10.5 Å². The predicted molar refractivity (Wildman–Crippen MR) is 129 cm³/mol. The monoisotopic (exact) mass is 451 g/mol. The number of para-hydroxylation sites is 2. The first-order valence-electron chi connectivity index (χ1n) is 11.2. The SMILES string of the molecule is COc1ccccc1NC(=O)N(Cc1cccn1Cc1ccccc1Cl)C1CCCCC1. The standard InChI is InChI=1S/C26H30ClN3O2/c1-32-25-16-8-7-15-24(25)28-26(31)30(21-11-3-2-4-12-21)19-22-13-9-17-29(22)18-20-10-5-6-14-23(20)27/h5-10,13-17,21H,2-4,11-12,18-19H2,1H3,(H,28,31). The minimum atomic E-state index is -0.0908. The second-order valence-corrected chi connectivity index (χ2v) is 8.68. The van der Waals surface area contributed by atoms with Crippen molar-refractivity contribution in [2.75, 3.05) is 12.4 Å². The third-order valence-corrected chi connectivity index (χ3v) is 6.55. The first-order chi connectivity index (χ1) is 15.7. The van der Waals surface area contributed by atoms with E-state index in [-0.39, 0.29) is 12.1 Å². The lowest BCUT2D eigenvalue weighted by Gasteiger charge is -2.34. The van der Waals surface area contributed by atoms with E-state index in [4.69, 9.17) is 16.3 Å². The van der Waals surface area contributed by atoms with Crippen molar-refractivity contribution in [3.05, 3.63) is 83.1 Å². The van der Waals surface area contributed by atoms with Crippen molar-refractivity contribution < 1.29 is 9.53 Å². The third kappa shape index (κ3) is 5.28. The molecule has 0 spiro atoms. The average Bonchev–Trinajstić information content (AvgIpc) is 3.26. The molecule has 5 nitrogen and oxygen atoms in total. The number of anilines is 1. The van der Waals surface area contributed by atoms with Gasteiger partial charge in [0.1, 0.15) is 5.75 Å². The van der Waals surface area contributed by atoms with E-state index in [1.807, 2.05) is 59.5 Å². The van der Waals surface area contributed by atoms with E-state index in [1.165, 1.54) is 6.42 Å². The van der Waals surface area contributed by atoms with Gasteiger partial charge in [-0.2, -0.15) is 0 Å². The molecule has 1 saturated carbocycles. The van der Waals surface area contributed by atoms with Crippen molar-refractivity contribution in [3.63, 3.8) is 0 Å². The van der Waals surface area contributed by atoms with Crippen LogP contribution in [0.3, 0.4) is 0 Å². The molecule has 1 N–H and O–H groups in total. The number of nitrogens with zero attached hydrogens (tertiary/aromatic N) is 2. The Bertz CT molecular complexity index is 1040. The van der Waals surface area contributed by atoms with Crippen molar-refractivity contribution in [1.29, 1.82) is 0 Å². The van der Waals surface area contributed by atoms with Crippen LogP contribution >= 0.6 is 11.6 Å². The highest BCUT2D eigenvalue weighted by molar-refractivity contribution is 6.31. The van der Waals surface area contributed by atoms with Gasteiger partial charge in [-0.05, 0) is 48.7 Å². The number of nitrogens with one attached hydrogen (secondary N) is 1. The van der Waals surface area contributed by atoms with Crippen LogP contribution in [0, 0.1) is 0 Å². The number of carbonyl (C=O) groups excluding carboxylic acids is 1. The second-order valence-electron chi connectivity index (χ2n) is 8.27. The van der Waals surface area contributed by atoms with Gasteiger partial charge in [-0.25, -0.2) is 4.79 Å². The van der Waals surface area contributed by atoms with Gasteiger partial charge in [0.15, 0.2) is 0 Å². The minimum Gasteiger partial charge on any atom is -0.495 e. The number of rotatable bonds is 7. The van der Waals surface area contributed by atoms with Crippen molar-refractivity contribution in [2.45, 2.75) is 51.2 Å². The summed E-state index contributed by atoms with van der Waals surface area (Å²) in [5.74, 6) is 0.659. The summed E-state index contributed by atoms with van der Waals surface area (Å²) in [6.07, 6.45) is 7.67. The zero-order valence-electron chi connectivity index (χ0n) is 18.5. The molecule has 32 heavy (non-hydrogen) atoms. The minimum absolute atomic E-state index is 0.0908. The lowest BCUT2D eigenvalue weighted by Crippen LogP contribution is -2.43. The molecule has 0 atom stereocenters. The Morgan fingerprint density at radius 1 is 1.06 bits per heavy atom. The fourth-order valence-electron chi connectivity index (χ4n) is 4.43. The number of urea groups is 1. The van der Waals surface area contributed by atoms with E-state index in [9.17, 15) is 4.79 Å². The fraction of sp³-hybridized carbons (Fsp3) is 0.346. The summed E-state index contributed by atoms with van der Waals surface area (Å²) in [4.78, 5) is 15.4. The van der Waals surface area contributed by atoms with Crippen LogP contribution in [0.1, 0.15) is 43.4 Å².